The molecule has 1 N–H and O–H groups in total. The van der Waals surface area contributed by atoms with Crippen molar-refractivity contribution < 1.29 is 4.79 Å². The molecule has 2 aromatic carbocycles. The Bertz CT molecular complexity index is 994. The number of terminal acetylenes is 1. The number of hydrogen-bond acceptors (Lipinski definition) is 4. The minimum absolute atomic E-state index is 0.0475. The Labute approximate surface area is 175 Å². The number of rotatable bonds is 7. The first-order valence-electron chi connectivity index (χ1n) is 9.75. The van der Waals surface area contributed by atoms with E-state index in [0.717, 1.165) is 23.4 Å². The molecule has 1 aliphatic rings. The van der Waals surface area contributed by atoms with Crippen LogP contribution in [0.5, 0.6) is 0 Å². The second kappa shape index (κ2) is 9.04. The highest BCUT2D eigenvalue weighted by molar-refractivity contribution is 7.09. The molecule has 3 aromatic rings. The second-order valence-electron chi connectivity index (χ2n) is 7.14. The van der Waals surface area contributed by atoms with E-state index in [1.807, 2.05) is 35.7 Å². The Morgan fingerprint density at radius 1 is 1.24 bits per heavy atom. The zero-order valence-corrected chi connectivity index (χ0v) is 16.9. The maximum Gasteiger partial charge on any atom is 0.235 e. The lowest BCUT2D eigenvalue weighted by atomic mass is 10.1. The van der Waals surface area contributed by atoms with Crippen LogP contribution < -0.4 is 5.32 Å². The van der Waals surface area contributed by atoms with Gasteiger partial charge in [-0.25, -0.2) is 4.98 Å². The van der Waals surface area contributed by atoms with Crippen molar-refractivity contribution in [1.29, 1.82) is 0 Å². The van der Waals surface area contributed by atoms with E-state index in [1.165, 1.54) is 11.1 Å². The van der Waals surface area contributed by atoms with E-state index in [-0.39, 0.29) is 24.5 Å². The number of nitrogens with one attached hydrogen (secondary N) is 1. The third-order valence-corrected chi connectivity index (χ3v) is 6.16. The summed E-state index contributed by atoms with van der Waals surface area (Å²) >= 11 is 1.54. The number of nitrogens with zero attached hydrogens (tertiary/aromatic N) is 2. The topological polar surface area (TPSA) is 45.2 Å². The standard InChI is InChI=1S/C24H23N3OS/c1-2-15-27(21-13-12-18-8-6-7-11-20(18)21)17-22(28)26-23(24-25-14-16-29-24)19-9-4-3-5-10-19/h1,3-11,14,16,21,23H,12-13,15,17H2,(H,26,28). The van der Waals surface area contributed by atoms with Crippen LogP contribution in [0.3, 0.4) is 0 Å². The predicted octanol–water partition coefficient (Wildman–Crippen LogP) is 3.97. The first kappa shape index (κ1) is 19.4. The average Bonchev–Trinajstić information content (AvgIpc) is 3.42. The van der Waals surface area contributed by atoms with Gasteiger partial charge in [0, 0.05) is 17.6 Å². The van der Waals surface area contributed by atoms with E-state index in [2.05, 4.69) is 45.4 Å². The number of fused-ring (bicyclic) bond motifs is 1. The van der Waals surface area contributed by atoms with Gasteiger partial charge in [0.15, 0.2) is 0 Å². The quantitative estimate of drug-likeness (QED) is 0.609. The molecule has 5 heteroatoms. The van der Waals surface area contributed by atoms with Gasteiger partial charge in [-0.1, -0.05) is 60.5 Å². The molecule has 1 aromatic heterocycles. The molecule has 1 aliphatic carbocycles. The first-order chi connectivity index (χ1) is 14.3. The van der Waals surface area contributed by atoms with Gasteiger partial charge in [-0.05, 0) is 29.5 Å². The first-order valence-corrected chi connectivity index (χ1v) is 10.6. The molecule has 0 spiro atoms. The minimum atomic E-state index is -0.257. The number of carbonyl (C=O) groups excluding carboxylic acids is 1. The third-order valence-electron chi connectivity index (χ3n) is 5.32. The molecular weight excluding hydrogens is 378 g/mol. The van der Waals surface area contributed by atoms with E-state index in [9.17, 15) is 4.79 Å². The molecule has 0 saturated heterocycles. The summed E-state index contributed by atoms with van der Waals surface area (Å²) in [5.41, 5.74) is 3.66. The number of thiazole rings is 1. The number of carbonyl (C=O) groups is 1. The molecular formula is C24H23N3OS. The van der Waals surface area contributed by atoms with Crippen LogP contribution >= 0.6 is 11.3 Å². The van der Waals surface area contributed by atoms with E-state index < -0.39 is 0 Å². The Balaban J connectivity index is 1.51. The van der Waals surface area contributed by atoms with Crippen molar-refractivity contribution in [3.05, 3.63) is 87.9 Å². The lowest BCUT2D eigenvalue weighted by Crippen LogP contribution is -2.40. The third kappa shape index (κ3) is 4.40. The molecule has 0 radical (unpaired) electrons. The molecule has 0 fully saturated rings. The fourth-order valence-corrected chi connectivity index (χ4v) is 4.72. The summed E-state index contributed by atoms with van der Waals surface area (Å²) in [4.78, 5) is 19.6. The molecule has 2 unspecified atom stereocenters. The van der Waals surface area contributed by atoms with Crippen LogP contribution in [-0.4, -0.2) is 28.9 Å². The van der Waals surface area contributed by atoms with Crippen molar-refractivity contribution in [2.24, 2.45) is 0 Å². The Kier molecular flexibility index (Phi) is 6.04. The molecule has 4 rings (SSSR count). The number of aryl methyl sites for hydroxylation is 1. The van der Waals surface area contributed by atoms with Gasteiger partial charge < -0.3 is 5.32 Å². The van der Waals surface area contributed by atoms with Crippen molar-refractivity contribution in [2.45, 2.75) is 24.9 Å². The zero-order valence-electron chi connectivity index (χ0n) is 16.1. The number of hydrogen-bond donors (Lipinski definition) is 1. The van der Waals surface area contributed by atoms with Gasteiger partial charge in [0.1, 0.15) is 11.0 Å². The average molecular weight is 402 g/mol. The summed E-state index contributed by atoms with van der Waals surface area (Å²) in [5.74, 6) is 2.68. The highest BCUT2D eigenvalue weighted by Crippen LogP contribution is 2.35. The van der Waals surface area contributed by atoms with Crippen LogP contribution in [0.25, 0.3) is 0 Å². The minimum Gasteiger partial charge on any atom is -0.342 e. The van der Waals surface area contributed by atoms with Gasteiger partial charge in [-0.15, -0.1) is 17.8 Å². The fourth-order valence-electron chi connectivity index (χ4n) is 4.01. The zero-order chi connectivity index (χ0) is 20.1. The van der Waals surface area contributed by atoms with Crippen LogP contribution in [0.4, 0.5) is 0 Å². The van der Waals surface area contributed by atoms with E-state index in [0.29, 0.717) is 6.54 Å². The van der Waals surface area contributed by atoms with E-state index in [4.69, 9.17) is 6.42 Å². The van der Waals surface area contributed by atoms with Gasteiger partial charge in [0.25, 0.3) is 0 Å². The number of aromatic nitrogens is 1. The SMILES string of the molecule is C#CCN(CC(=O)NC(c1ccccc1)c1nccs1)C1CCc2ccccc21. The van der Waals surface area contributed by atoms with Gasteiger partial charge in [0.05, 0.1) is 13.1 Å². The van der Waals surface area contributed by atoms with Crippen molar-refractivity contribution in [1.82, 2.24) is 15.2 Å². The molecule has 4 nitrogen and oxygen atoms in total. The van der Waals surface area contributed by atoms with Crippen molar-refractivity contribution in [3.8, 4) is 12.3 Å². The van der Waals surface area contributed by atoms with E-state index >= 15 is 0 Å². The summed E-state index contributed by atoms with van der Waals surface area (Å²) in [5, 5.41) is 5.97. The van der Waals surface area contributed by atoms with Crippen molar-refractivity contribution >= 4 is 17.2 Å². The van der Waals surface area contributed by atoms with Gasteiger partial charge >= 0.3 is 0 Å². The van der Waals surface area contributed by atoms with Crippen LogP contribution in [0.1, 0.15) is 40.2 Å². The molecule has 0 saturated carbocycles. The smallest absolute Gasteiger partial charge is 0.235 e. The second-order valence-corrected chi connectivity index (χ2v) is 8.07. The van der Waals surface area contributed by atoms with Crippen molar-refractivity contribution in [2.75, 3.05) is 13.1 Å². The highest BCUT2D eigenvalue weighted by Gasteiger charge is 2.29. The number of benzene rings is 2. The van der Waals surface area contributed by atoms with Crippen LogP contribution in [-0.2, 0) is 11.2 Å². The predicted molar refractivity (Wildman–Crippen MR) is 116 cm³/mol. The fraction of sp³-hybridized carbons (Fsp3) is 0.250. The molecule has 0 aliphatic heterocycles. The molecule has 2 atom stereocenters. The summed E-state index contributed by atoms with van der Waals surface area (Å²) < 4.78 is 0. The lowest BCUT2D eigenvalue weighted by Gasteiger charge is -2.28. The largest absolute Gasteiger partial charge is 0.342 e. The van der Waals surface area contributed by atoms with E-state index in [1.54, 1.807) is 17.5 Å². The molecule has 1 amide bonds. The number of amides is 1. The maximum atomic E-state index is 13.0. The summed E-state index contributed by atoms with van der Waals surface area (Å²) in [6.07, 6.45) is 9.41. The summed E-state index contributed by atoms with van der Waals surface area (Å²) in [6, 6.07) is 18.3. The van der Waals surface area contributed by atoms with Crippen molar-refractivity contribution in [3.63, 3.8) is 0 Å². The highest BCUT2D eigenvalue weighted by atomic mass is 32.1. The van der Waals surface area contributed by atoms with Crippen LogP contribution in [0.2, 0.25) is 0 Å². The summed E-state index contributed by atoms with van der Waals surface area (Å²) in [7, 11) is 0. The van der Waals surface area contributed by atoms with Gasteiger partial charge in [-0.2, -0.15) is 0 Å². The summed E-state index contributed by atoms with van der Waals surface area (Å²) in [6.45, 7) is 0.706. The molecule has 1 heterocycles. The van der Waals surface area contributed by atoms with Crippen LogP contribution in [0.15, 0.2) is 66.2 Å². The normalized spacial score (nSPS) is 16.2. The Morgan fingerprint density at radius 3 is 2.79 bits per heavy atom. The molecule has 0 bridgehead atoms. The monoisotopic (exact) mass is 401 g/mol. The Morgan fingerprint density at radius 2 is 2.03 bits per heavy atom. The van der Waals surface area contributed by atoms with Gasteiger partial charge in [-0.3, -0.25) is 9.69 Å². The van der Waals surface area contributed by atoms with Gasteiger partial charge in [0.2, 0.25) is 5.91 Å². The Hall–Kier alpha value is -2.94. The maximum absolute atomic E-state index is 13.0. The molecule has 146 valence electrons. The lowest BCUT2D eigenvalue weighted by molar-refractivity contribution is -0.123. The molecule has 29 heavy (non-hydrogen) atoms. The van der Waals surface area contributed by atoms with Crippen LogP contribution in [0, 0.1) is 12.3 Å².